The van der Waals surface area contributed by atoms with Gasteiger partial charge in [-0.05, 0) is 35.9 Å². The van der Waals surface area contributed by atoms with E-state index in [9.17, 15) is 9.59 Å². The largest absolute Gasteiger partial charge is 0.334 e. The van der Waals surface area contributed by atoms with Crippen LogP contribution in [0.5, 0.6) is 0 Å². The van der Waals surface area contributed by atoms with Gasteiger partial charge in [0.2, 0.25) is 0 Å². The number of hydrogen-bond donors (Lipinski definition) is 1. The zero-order chi connectivity index (χ0) is 16.7. The smallest absolute Gasteiger partial charge is 0.298 e. The summed E-state index contributed by atoms with van der Waals surface area (Å²) in [5, 5.41) is 1.04. The fraction of sp³-hybridized carbons (Fsp3) is 0. The normalized spacial score (nSPS) is 11.0. The van der Waals surface area contributed by atoms with E-state index < -0.39 is 5.69 Å². The Morgan fingerprint density at radius 1 is 0.958 bits per heavy atom. The summed E-state index contributed by atoms with van der Waals surface area (Å²) in [6.45, 7) is 0. The Balaban J connectivity index is 1.96. The van der Waals surface area contributed by atoms with Crippen LogP contribution in [-0.4, -0.2) is 9.55 Å². The van der Waals surface area contributed by atoms with Gasteiger partial charge in [0.05, 0.1) is 11.1 Å². The van der Waals surface area contributed by atoms with Gasteiger partial charge in [0.15, 0.2) is 0 Å². The molecule has 0 bridgehead atoms. The molecule has 1 N–H and O–H groups in total. The Morgan fingerprint density at radius 3 is 2.38 bits per heavy atom. The highest BCUT2D eigenvalue weighted by atomic mass is 35.5. The number of nitrogens with one attached hydrogen (secondary N) is 1. The van der Waals surface area contributed by atoms with Gasteiger partial charge < -0.3 is 0 Å². The van der Waals surface area contributed by atoms with E-state index in [4.69, 9.17) is 11.6 Å². The standard InChI is InChI=1S/C18H11ClN2O2S/c19-12-6-8-13(9-7-12)21-17(22)14-10-15(11-4-2-1-3-5-11)24-16(14)20-18(21)23/h1-10H,(H,20,23). The average Bonchev–Trinajstić information content (AvgIpc) is 3.02. The van der Waals surface area contributed by atoms with Crippen molar-refractivity contribution < 1.29 is 0 Å². The van der Waals surface area contributed by atoms with Gasteiger partial charge in [-0.2, -0.15) is 0 Å². The summed E-state index contributed by atoms with van der Waals surface area (Å²) in [4.78, 5) is 29.5. The summed E-state index contributed by atoms with van der Waals surface area (Å²) in [6.07, 6.45) is 0. The molecule has 2 aromatic heterocycles. The van der Waals surface area contributed by atoms with Crippen LogP contribution in [0, 0.1) is 0 Å². The number of aromatic nitrogens is 2. The molecule has 0 saturated heterocycles. The van der Waals surface area contributed by atoms with Crippen LogP contribution in [0.1, 0.15) is 0 Å². The molecule has 4 rings (SSSR count). The molecule has 0 saturated carbocycles. The summed E-state index contributed by atoms with van der Waals surface area (Å²) in [6, 6.07) is 18.2. The molecule has 24 heavy (non-hydrogen) atoms. The van der Waals surface area contributed by atoms with E-state index in [1.165, 1.54) is 11.3 Å². The number of nitrogens with zero attached hydrogens (tertiary/aromatic N) is 1. The molecule has 0 unspecified atom stereocenters. The van der Waals surface area contributed by atoms with E-state index >= 15 is 0 Å². The molecule has 4 nitrogen and oxygen atoms in total. The van der Waals surface area contributed by atoms with Crippen molar-refractivity contribution in [2.45, 2.75) is 0 Å². The van der Waals surface area contributed by atoms with E-state index in [0.717, 1.165) is 15.0 Å². The molecule has 0 aliphatic carbocycles. The minimum Gasteiger partial charge on any atom is -0.298 e. The maximum atomic E-state index is 12.8. The zero-order valence-corrected chi connectivity index (χ0v) is 13.9. The first-order valence-corrected chi connectivity index (χ1v) is 8.43. The third-order valence-corrected chi connectivity index (χ3v) is 5.08. The van der Waals surface area contributed by atoms with Crippen LogP contribution in [0.25, 0.3) is 26.3 Å². The SMILES string of the molecule is O=c1[nH]c2sc(-c3ccccc3)cc2c(=O)n1-c1ccc(Cl)cc1. The van der Waals surface area contributed by atoms with Gasteiger partial charge in [0.25, 0.3) is 5.56 Å². The Labute approximate surface area is 145 Å². The molecule has 0 atom stereocenters. The summed E-state index contributed by atoms with van der Waals surface area (Å²) in [5.74, 6) is 0. The third-order valence-electron chi connectivity index (χ3n) is 3.73. The van der Waals surface area contributed by atoms with Gasteiger partial charge in [-0.1, -0.05) is 41.9 Å². The van der Waals surface area contributed by atoms with E-state index in [-0.39, 0.29) is 5.56 Å². The predicted octanol–water partition coefficient (Wildman–Crippen LogP) is 4.06. The zero-order valence-electron chi connectivity index (χ0n) is 12.3. The van der Waals surface area contributed by atoms with Gasteiger partial charge in [-0.15, -0.1) is 11.3 Å². The fourth-order valence-electron chi connectivity index (χ4n) is 2.58. The number of benzene rings is 2. The van der Waals surface area contributed by atoms with Crippen molar-refractivity contribution in [1.82, 2.24) is 9.55 Å². The molecular formula is C18H11ClN2O2S. The molecule has 0 spiro atoms. The van der Waals surface area contributed by atoms with E-state index in [0.29, 0.717) is 20.9 Å². The summed E-state index contributed by atoms with van der Waals surface area (Å²) in [5.41, 5.74) is 0.697. The fourth-order valence-corrected chi connectivity index (χ4v) is 3.75. The molecule has 6 heteroatoms. The molecule has 0 amide bonds. The Hall–Kier alpha value is -2.63. The van der Waals surface area contributed by atoms with Gasteiger partial charge in [-0.3, -0.25) is 9.78 Å². The lowest BCUT2D eigenvalue weighted by molar-refractivity contribution is 0.904. The van der Waals surface area contributed by atoms with E-state index in [2.05, 4.69) is 4.98 Å². The molecule has 0 radical (unpaired) electrons. The van der Waals surface area contributed by atoms with Crippen molar-refractivity contribution in [2.24, 2.45) is 0 Å². The maximum Gasteiger partial charge on any atom is 0.334 e. The van der Waals surface area contributed by atoms with Crippen LogP contribution in [0.15, 0.2) is 70.3 Å². The minimum absolute atomic E-state index is 0.338. The Kier molecular flexibility index (Phi) is 3.59. The number of H-pyrrole nitrogens is 1. The summed E-state index contributed by atoms with van der Waals surface area (Å²) >= 11 is 7.27. The maximum absolute atomic E-state index is 12.8. The van der Waals surface area contributed by atoms with Gasteiger partial charge >= 0.3 is 5.69 Å². The second kappa shape index (κ2) is 5.78. The number of rotatable bonds is 2. The van der Waals surface area contributed by atoms with Crippen LogP contribution in [0.2, 0.25) is 5.02 Å². The number of halogens is 1. The molecule has 2 aromatic carbocycles. The van der Waals surface area contributed by atoms with E-state index in [1.807, 2.05) is 36.4 Å². The van der Waals surface area contributed by atoms with Crippen molar-refractivity contribution in [1.29, 1.82) is 0 Å². The quantitative estimate of drug-likeness (QED) is 0.590. The van der Waals surface area contributed by atoms with Crippen molar-refractivity contribution in [2.75, 3.05) is 0 Å². The average molecular weight is 355 g/mol. The van der Waals surface area contributed by atoms with Crippen LogP contribution < -0.4 is 11.2 Å². The first-order valence-electron chi connectivity index (χ1n) is 7.24. The molecule has 4 aromatic rings. The summed E-state index contributed by atoms with van der Waals surface area (Å²) < 4.78 is 1.13. The lowest BCUT2D eigenvalue weighted by Gasteiger charge is -2.04. The number of aromatic amines is 1. The Bertz CT molecular complexity index is 1140. The van der Waals surface area contributed by atoms with Gasteiger partial charge in [-0.25, -0.2) is 9.36 Å². The number of hydrogen-bond acceptors (Lipinski definition) is 3. The highest BCUT2D eigenvalue weighted by Gasteiger charge is 2.13. The first-order chi connectivity index (χ1) is 11.6. The molecule has 0 aliphatic heterocycles. The molecular weight excluding hydrogens is 344 g/mol. The molecule has 0 fully saturated rings. The molecule has 118 valence electrons. The van der Waals surface area contributed by atoms with E-state index in [1.54, 1.807) is 24.3 Å². The van der Waals surface area contributed by atoms with Gasteiger partial charge in [0, 0.05) is 9.90 Å². The number of thiophene rings is 1. The van der Waals surface area contributed by atoms with Crippen LogP contribution in [0.3, 0.4) is 0 Å². The topological polar surface area (TPSA) is 54.9 Å². The molecule has 2 heterocycles. The lowest BCUT2D eigenvalue weighted by atomic mass is 10.2. The van der Waals surface area contributed by atoms with Crippen molar-refractivity contribution >= 4 is 33.2 Å². The van der Waals surface area contributed by atoms with Crippen molar-refractivity contribution in [3.05, 3.63) is 86.5 Å². The second-order valence-corrected chi connectivity index (χ2v) is 6.76. The van der Waals surface area contributed by atoms with Crippen LogP contribution in [0.4, 0.5) is 0 Å². The van der Waals surface area contributed by atoms with Crippen LogP contribution in [-0.2, 0) is 0 Å². The highest BCUT2D eigenvalue weighted by molar-refractivity contribution is 7.21. The second-order valence-electron chi connectivity index (χ2n) is 5.27. The minimum atomic E-state index is -0.462. The monoisotopic (exact) mass is 354 g/mol. The number of fused-ring (bicyclic) bond motifs is 1. The third kappa shape index (κ3) is 2.48. The van der Waals surface area contributed by atoms with Crippen LogP contribution >= 0.6 is 22.9 Å². The lowest BCUT2D eigenvalue weighted by Crippen LogP contribution is -2.33. The molecule has 0 aliphatic rings. The van der Waals surface area contributed by atoms with Crippen molar-refractivity contribution in [3.8, 4) is 16.1 Å². The highest BCUT2D eigenvalue weighted by Crippen LogP contribution is 2.30. The predicted molar refractivity (Wildman–Crippen MR) is 98.5 cm³/mol. The first kappa shape index (κ1) is 14.9. The summed E-state index contributed by atoms with van der Waals surface area (Å²) in [7, 11) is 0. The van der Waals surface area contributed by atoms with Gasteiger partial charge in [0.1, 0.15) is 4.83 Å². The van der Waals surface area contributed by atoms with Crippen molar-refractivity contribution in [3.63, 3.8) is 0 Å². The Morgan fingerprint density at radius 2 is 1.67 bits per heavy atom.